The van der Waals surface area contributed by atoms with Crippen LogP contribution in [-0.4, -0.2) is 4.98 Å². The Hall–Kier alpha value is -3.19. The lowest BCUT2D eigenvalue weighted by Gasteiger charge is -2.05. The minimum absolute atomic E-state index is 1.05. The summed E-state index contributed by atoms with van der Waals surface area (Å²) in [5, 5.41) is 1.18. The number of hydrogen-bond acceptors (Lipinski definition) is 1. The van der Waals surface area contributed by atoms with Gasteiger partial charge in [0.05, 0.1) is 11.2 Å². The van der Waals surface area contributed by atoms with Crippen LogP contribution in [0, 0.1) is 6.92 Å². The van der Waals surface area contributed by atoms with Crippen LogP contribution in [0.15, 0.2) is 78.9 Å². The van der Waals surface area contributed by atoms with Crippen LogP contribution in [0.3, 0.4) is 0 Å². The van der Waals surface area contributed by atoms with Gasteiger partial charge in [0.15, 0.2) is 0 Å². The highest BCUT2D eigenvalue weighted by Crippen LogP contribution is 2.45. The molecule has 118 valence electrons. The maximum absolute atomic E-state index is 4.98. The third-order valence-electron chi connectivity index (χ3n) is 4.85. The number of aromatic nitrogens is 1. The van der Waals surface area contributed by atoms with Gasteiger partial charge in [0, 0.05) is 16.5 Å². The zero-order valence-electron chi connectivity index (χ0n) is 14.0. The van der Waals surface area contributed by atoms with Gasteiger partial charge in [-0.25, -0.2) is 4.98 Å². The van der Waals surface area contributed by atoms with Crippen LogP contribution in [0.2, 0.25) is 0 Å². The van der Waals surface area contributed by atoms with Crippen LogP contribution < -0.4 is 0 Å². The third-order valence-corrected chi connectivity index (χ3v) is 4.85. The van der Waals surface area contributed by atoms with Gasteiger partial charge in [-0.3, -0.25) is 0 Å². The maximum Gasteiger partial charge on any atom is 0.0794 e. The van der Waals surface area contributed by atoms with Gasteiger partial charge in [-0.2, -0.15) is 0 Å². The molecule has 1 aliphatic rings. The Morgan fingerprint density at radius 1 is 0.720 bits per heavy atom. The molecule has 0 fully saturated rings. The lowest BCUT2D eigenvalue weighted by Crippen LogP contribution is -1.87. The van der Waals surface area contributed by atoms with Gasteiger partial charge < -0.3 is 0 Å². The van der Waals surface area contributed by atoms with Crippen molar-refractivity contribution >= 4 is 22.6 Å². The molecule has 1 aromatic heterocycles. The molecule has 25 heavy (non-hydrogen) atoms. The fourth-order valence-corrected chi connectivity index (χ4v) is 3.63. The molecule has 0 aliphatic heterocycles. The molecule has 0 amide bonds. The number of fused-ring (bicyclic) bond motifs is 4. The van der Waals surface area contributed by atoms with E-state index >= 15 is 0 Å². The molecule has 0 saturated carbocycles. The van der Waals surface area contributed by atoms with Crippen LogP contribution in [0.5, 0.6) is 0 Å². The summed E-state index contributed by atoms with van der Waals surface area (Å²) in [6.07, 6.45) is 2.28. The van der Waals surface area contributed by atoms with E-state index in [9.17, 15) is 0 Å². The Morgan fingerprint density at radius 2 is 1.52 bits per heavy atom. The van der Waals surface area contributed by atoms with E-state index < -0.39 is 0 Å². The summed E-state index contributed by atoms with van der Waals surface area (Å²) in [4.78, 5) is 4.98. The maximum atomic E-state index is 4.98. The molecule has 0 bridgehead atoms. The van der Waals surface area contributed by atoms with Crippen molar-refractivity contribution in [3.63, 3.8) is 0 Å². The van der Waals surface area contributed by atoms with Crippen LogP contribution in [0.25, 0.3) is 33.8 Å². The van der Waals surface area contributed by atoms with Gasteiger partial charge in [0.25, 0.3) is 0 Å². The van der Waals surface area contributed by atoms with E-state index in [0.29, 0.717) is 0 Å². The van der Waals surface area contributed by atoms with E-state index in [0.717, 1.165) is 11.2 Å². The standard InChI is InChI=1S/C24H17N/c1-16-11-12-19-20(13-16)21(14-17-7-3-2-4-8-17)22-15-18-9-5-6-10-23(18)25-24(19)22/h2-15H,1H3/b21-14-. The number of pyridine rings is 1. The first-order chi connectivity index (χ1) is 12.3. The van der Waals surface area contributed by atoms with Crippen molar-refractivity contribution in [3.05, 3.63) is 101 Å². The largest absolute Gasteiger partial charge is 0.247 e. The summed E-state index contributed by atoms with van der Waals surface area (Å²) in [7, 11) is 0. The molecule has 1 aliphatic carbocycles. The molecule has 1 heteroatoms. The summed E-state index contributed by atoms with van der Waals surface area (Å²) in [5.74, 6) is 0. The monoisotopic (exact) mass is 319 g/mol. The van der Waals surface area contributed by atoms with Gasteiger partial charge in [-0.1, -0.05) is 72.3 Å². The first kappa shape index (κ1) is 14.2. The van der Waals surface area contributed by atoms with Gasteiger partial charge in [-0.05, 0) is 41.8 Å². The molecular weight excluding hydrogens is 302 g/mol. The van der Waals surface area contributed by atoms with Gasteiger partial charge in [-0.15, -0.1) is 0 Å². The number of para-hydroxylation sites is 1. The van der Waals surface area contributed by atoms with Crippen molar-refractivity contribution in [2.75, 3.05) is 0 Å². The molecule has 0 radical (unpaired) electrons. The quantitative estimate of drug-likeness (QED) is 0.363. The minimum atomic E-state index is 1.05. The second kappa shape index (κ2) is 5.42. The highest BCUT2D eigenvalue weighted by Gasteiger charge is 2.25. The number of hydrogen-bond donors (Lipinski definition) is 0. The van der Waals surface area contributed by atoms with Gasteiger partial charge >= 0.3 is 0 Å². The highest BCUT2D eigenvalue weighted by molar-refractivity contribution is 6.07. The van der Waals surface area contributed by atoms with E-state index in [2.05, 4.69) is 85.8 Å². The smallest absolute Gasteiger partial charge is 0.0794 e. The Labute approximate surface area is 147 Å². The molecule has 0 unspecified atom stereocenters. The summed E-state index contributed by atoms with van der Waals surface area (Å²) in [6, 6.07) is 27.8. The van der Waals surface area contributed by atoms with Crippen molar-refractivity contribution in [1.82, 2.24) is 4.98 Å². The first-order valence-electron chi connectivity index (χ1n) is 8.58. The number of benzene rings is 3. The Balaban J connectivity index is 1.84. The molecule has 5 rings (SSSR count). The molecule has 1 heterocycles. The molecule has 0 atom stereocenters. The van der Waals surface area contributed by atoms with E-state index in [1.54, 1.807) is 0 Å². The number of nitrogens with zero attached hydrogens (tertiary/aromatic N) is 1. The van der Waals surface area contributed by atoms with E-state index in [1.165, 1.54) is 38.8 Å². The van der Waals surface area contributed by atoms with Crippen molar-refractivity contribution < 1.29 is 0 Å². The zero-order chi connectivity index (χ0) is 16.8. The lowest BCUT2D eigenvalue weighted by atomic mass is 9.99. The zero-order valence-corrected chi connectivity index (χ0v) is 14.0. The van der Waals surface area contributed by atoms with Gasteiger partial charge in [0.1, 0.15) is 0 Å². The summed E-state index contributed by atoms with van der Waals surface area (Å²) < 4.78 is 0. The third kappa shape index (κ3) is 2.28. The van der Waals surface area contributed by atoms with Crippen LogP contribution in [0.1, 0.15) is 22.3 Å². The Kier molecular flexibility index (Phi) is 3.07. The summed E-state index contributed by atoms with van der Waals surface area (Å²) in [5.41, 5.74) is 9.63. The SMILES string of the molecule is Cc1ccc2c(c1)/C(=C/c1ccccc1)c1cc3ccccc3nc1-2. The van der Waals surface area contributed by atoms with E-state index in [4.69, 9.17) is 4.98 Å². The molecule has 4 aromatic rings. The second-order valence-electron chi connectivity index (χ2n) is 6.59. The second-order valence-corrected chi connectivity index (χ2v) is 6.59. The van der Waals surface area contributed by atoms with Crippen molar-refractivity contribution in [1.29, 1.82) is 0 Å². The first-order valence-corrected chi connectivity index (χ1v) is 8.58. The van der Waals surface area contributed by atoms with Crippen LogP contribution >= 0.6 is 0 Å². The average Bonchev–Trinajstić information content (AvgIpc) is 2.93. The Morgan fingerprint density at radius 3 is 2.40 bits per heavy atom. The van der Waals surface area contributed by atoms with Crippen molar-refractivity contribution in [2.45, 2.75) is 6.92 Å². The fraction of sp³-hybridized carbons (Fsp3) is 0.0417. The van der Waals surface area contributed by atoms with Crippen molar-refractivity contribution in [3.8, 4) is 11.3 Å². The van der Waals surface area contributed by atoms with Crippen LogP contribution in [-0.2, 0) is 0 Å². The van der Waals surface area contributed by atoms with E-state index in [-0.39, 0.29) is 0 Å². The lowest BCUT2D eigenvalue weighted by molar-refractivity contribution is 1.39. The molecular formula is C24H17N. The molecule has 0 saturated heterocycles. The van der Waals surface area contributed by atoms with E-state index in [1.807, 2.05) is 6.07 Å². The molecule has 1 nitrogen and oxygen atoms in total. The predicted octanol–water partition coefficient (Wildman–Crippen LogP) is 6.11. The highest BCUT2D eigenvalue weighted by atomic mass is 14.7. The predicted molar refractivity (Wildman–Crippen MR) is 105 cm³/mol. The number of aryl methyl sites for hydroxylation is 1. The number of rotatable bonds is 1. The summed E-state index contributed by atoms with van der Waals surface area (Å²) in [6.45, 7) is 2.15. The molecule has 0 N–H and O–H groups in total. The molecule has 0 spiro atoms. The Bertz CT molecular complexity index is 1140. The van der Waals surface area contributed by atoms with Crippen LogP contribution in [0.4, 0.5) is 0 Å². The normalized spacial score (nSPS) is 13.9. The fourth-order valence-electron chi connectivity index (χ4n) is 3.63. The average molecular weight is 319 g/mol. The van der Waals surface area contributed by atoms with Gasteiger partial charge in [0.2, 0.25) is 0 Å². The minimum Gasteiger partial charge on any atom is -0.247 e. The summed E-state index contributed by atoms with van der Waals surface area (Å²) >= 11 is 0. The van der Waals surface area contributed by atoms with Crippen molar-refractivity contribution in [2.24, 2.45) is 0 Å². The molecule has 3 aromatic carbocycles. The topological polar surface area (TPSA) is 12.9 Å².